The van der Waals surface area contributed by atoms with Crippen LogP contribution in [0.2, 0.25) is 0 Å². The lowest BCUT2D eigenvalue weighted by Crippen LogP contribution is -2.04. The molecule has 1 unspecified atom stereocenters. The van der Waals surface area contributed by atoms with E-state index in [2.05, 4.69) is 32.9 Å². The summed E-state index contributed by atoms with van der Waals surface area (Å²) in [6, 6.07) is 0. The normalized spacial score (nSPS) is 13.2. The molecule has 0 N–H and O–H groups in total. The summed E-state index contributed by atoms with van der Waals surface area (Å²) in [4.78, 5) is 4.16. The van der Waals surface area contributed by atoms with Crippen molar-refractivity contribution in [2.24, 2.45) is 13.0 Å². The van der Waals surface area contributed by atoms with Gasteiger partial charge in [0.2, 0.25) is 0 Å². The lowest BCUT2D eigenvalue weighted by Gasteiger charge is -2.05. The predicted octanol–water partition coefficient (Wildman–Crippen LogP) is 1.78. The van der Waals surface area contributed by atoms with Gasteiger partial charge in [-0.3, -0.25) is 4.68 Å². The maximum atomic E-state index is 4.16. The number of hydrogen-bond acceptors (Lipinski definition) is 2. The SMILES string of the molecule is CC(CBr)CCc1ncnn1C. The van der Waals surface area contributed by atoms with Crippen LogP contribution in [0.25, 0.3) is 0 Å². The van der Waals surface area contributed by atoms with Crippen LogP contribution >= 0.6 is 15.9 Å². The molecule has 0 spiro atoms. The monoisotopic (exact) mass is 231 g/mol. The molecule has 0 radical (unpaired) electrons. The number of alkyl halides is 1. The summed E-state index contributed by atoms with van der Waals surface area (Å²) in [6.45, 7) is 2.23. The first kappa shape index (κ1) is 9.71. The third-order valence-corrected chi connectivity index (χ3v) is 3.03. The number of aromatic nitrogens is 3. The van der Waals surface area contributed by atoms with Crippen LogP contribution in [0.5, 0.6) is 0 Å². The molecular weight excluding hydrogens is 218 g/mol. The smallest absolute Gasteiger partial charge is 0.138 e. The maximum absolute atomic E-state index is 4.16. The fourth-order valence-electron chi connectivity index (χ4n) is 0.999. The maximum Gasteiger partial charge on any atom is 0.138 e. The minimum absolute atomic E-state index is 0.710. The first-order chi connectivity index (χ1) is 5.74. The predicted molar refractivity (Wildman–Crippen MR) is 52.3 cm³/mol. The van der Waals surface area contributed by atoms with E-state index in [1.54, 1.807) is 6.33 Å². The van der Waals surface area contributed by atoms with E-state index in [9.17, 15) is 0 Å². The molecule has 1 heterocycles. The summed E-state index contributed by atoms with van der Waals surface area (Å²) in [6.07, 6.45) is 3.79. The Morgan fingerprint density at radius 1 is 1.67 bits per heavy atom. The van der Waals surface area contributed by atoms with Crippen molar-refractivity contribution in [2.75, 3.05) is 5.33 Å². The highest BCUT2D eigenvalue weighted by Gasteiger charge is 2.03. The van der Waals surface area contributed by atoms with Crippen LogP contribution in [-0.2, 0) is 13.5 Å². The molecular formula is C8H14BrN3. The Balaban J connectivity index is 2.38. The minimum atomic E-state index is 0.710. The molecule has 0 aliphatic carbocycles. The Bertz CT molecular complexity index is 234. The molecule has 0 aromatic carbocycles. The van der Waals surface area contributed by atoms with Gasteiger partial charge in [0.1, 0.15) is 12.2 Å². The van der Waals surface area contributed by atoms with Gasteiger partial charge in [-0.05, 0) is 12.3 Å². The van der Waals surface area contributed by atoms with Crippen LogP contribution in [0, 0.1) is 5.92 Å². The second kappa shape index (κ2) is 4.60. The van der Waals surface area contributed by atoms with E-state index in [-0.39, 0.29) is 0 Å². The Labute approximate surface area is 81.3 Å². The van der Waals surface area contributed by atoms with E-state index in [0.29, 0.717) is 5.92 Å². The van der Waals surface area contributed by atoms with Gasteiger partial charge in [-0.1, -0.05) is 22.9 Å². The van der Waals surface area contributed by atoms with Crippen LogP contribution < -0.4 is 0 Å². The van der Waals surface area contributed by atoms with Crippen molar-refractivity contribution in [1.29, 1.82) is 0 Å². The van der Waals surface area contributed by atoms with Crippen molar-refractivity contribution in [3.63, 3.8) is 0 Å². The van der Waals surface area contributed by atoms with Crippen LogP contribution in [-0.4, -0.2) is 20.1 Å². The molecule has 68 valence electrons. The van der Waals surface area contributed by atoms with Crippen LogP contribution in [0.4, 0.5) is 0 Å². The number of halogens is 1. The van der Waals surface area contributed by atoms with Crippen LogP contribution in [0.3, 0.4) is 0 Å². The van der Waals surface area contributed by atoms with E-state index in [4.69, 9.17) is 0 Å². The van der Waals surface area contributed by atoms with Gasteiger partial charge in [-0.15, -0.1) is 0 Å². The van der Waals surface area contributed by atoms with Gasteiger partial charge >= 0.3 is 0 Å². The molecule has 0 fully saturated rings. The molecule has 0 aliphatic rings. The third kappa shape index (κ3) is 2.59. The highest BCUT2D eigenvalue weighted by molar-refractivity contribution is 9.09. The second-order valence-electron chi connectivity index (χ2n) is 3.10. The van der Waals surface area contributed by atoms with E-state index in [0.717, 1.165) is 24.0 Å². The highest BCUT2D eigenvalue weighted by Crippen LogP contribution is 2.08. The van der Waals surface area contributed by atoms with Crippen molar-refractivity contribution in [2.45, 2.75) is 19.8 Å². The van der Waals surface area contributed by atoms with Crippen molar-refractivity contribution in [3.8, 4) is 0 Å². The van der Waals surface area contributed by atoms with E-state index in [1.165, 1.54) is 0 Å². The van der Waals surface area contributed by atoms with Gasteiger partial charge < -0.3 is 0 Å². The van der Waals surface area contributed by atoms with Crippen molar-refractivity contribution < 1.29 is 0 Å². The van der Waals surface area contributed by atoms with Gasteiger partial charge in [0.25, 0.3) is 0 Å². The largest absolute Gasteiger partial charge is 0.253 e. The first-order valence-corrected chi connectivity index (χ1v) is 5.25. The molecule has 1 rings (SSSR count). The van der Waals surface area contributed by atoms with Crippen molar-refractivity contribution in [1.82, 2.24) is 14.8 Å². The van der Waals surface area contributed by atoms with E-state index in [1.807, 2.05) is 11.7 Å². The average Bonchev–Trinajstić information content (AvgIpc) is 2.47. The fraction of sp³-hybridized carbons (Fsp3) is 0.750. The Hall–Kier alpha value is -0.380. The minimum Gasteiger partial charge on any atom is -0.253 e. The van der Waals surface area contributed by atoms with E-state index >= 15 is 0 Å². The number of aryl methyl sites for hydroxylation is 2. The Morgan fingerprint density at radius 3 is 2.92 bits per heavy atom. The molecule has 1 aromatic heterocycles. The zero-order chi connectivity index (χ0) is 8.97. The van der Waals surface area contributed by atoms with Gasteiger partial charge in [0.15, 0.2) is 0 Å². The zero-order valence-electron chi connectivity index (χ0n) is 7.50. The number of hydrogen-bond donors (Lipinski definition) is 0. The third-order valence-electron chi connectivity index (χ3n) is 1.93. The quantitative estimate of drug-likeness (QED) is 0.741. The van der Waals surface area contributed by atoms with E-state index < -0.39 is 0 Å². The van der Waals surface area contributed by atoms with Gasteiger partial charge in [-0.2, -0.15) is 5.10 Å². The summed E-state index contributed by atoms with van der Waals surface area (Å²) < 4.78 is 1.83. The molecule has 3 nitrogen and oxygen atoms in total. The second-order valence-corrected chi connectivity index (χ2v) is 3.75. The zero-order valence-corrected chi connectivity index (χ0v) is 9.08. The topological polar surface area (TPSA) is 30.7 Å². The lowest BCUT2D eigenvalue weighted by molar-refractivity contribution is 0.568. The van der Waals surface area contributed by atoms with Crippen molar-refractivity contribution in [3.05, 3.63) is 12.2 Å². The standard InChI is InChI=1S/C8H14BrN3/c1-7(5-9)3-4-8-10-6-11-12(8)2/h6-7H,3-5H2,1-2H3. The average molecular weight is 232 g/mol. The summed E-state index contributed by atoms with van der Waals surface area (Å²) in [7, 11) is 1.93. The molecule has 12 heavy (non-hydrogen) atoms. The molecule has 0 aliphatic heterocycles. The van der Waals surface area contributed by atoms with Crippen LogP contribution in [0.1, 0.15) is 19.2 Å². The van der Waals surface area contributed by atoms with Gasteiger partial charge in [0.05, 0.1) is 0 Å². The van der Waals surface area contributed by atoms with Crippen LogP contribution in [0.15, 0.2) is 6.33 Å². The summed E-state index contributed by atoms with van der Waals surface area (Å²) in [5.41, 5.74) is 0. The number of nitrogens with zero attached hydrogens (tertiary/aromatic N) is 3. The highest BCUT2D eigenvalue weighted by atomic mass is 79.9. The lowest BCUT2D eigenvalue weighted by atomic mass is 10.1. The molecule has 1 aromatic rings. The van der Waals surface area contributed by atoms with Gasteiger partial charge in [-0.25, -0.2) is 4.98 Å². The van der Waals surface area contributed by atoms with Crippen molar-refractivity contribution >= 4 is 15.9 Å². The molecule has 0 amide bonds. The summed E-state index contributed by atoms with van der Waals surface area (Å²) >= 11 is 3.45. The summed E-state index contributed by atoms with van der Waals surface area (Å²) in [5, 5.41) is 5.07. The fourth-order valence-corrected chi connectivity index (χ4v) is 1.32. The molecule has 0 saturated heterocycles. The Kier molecular flexibility index (Phi) is 3.72. The summed E-state index contributed by atoms with van der Waals surface area (Å²) in [5.74, 6) is 1.78. The molecule has 0 bridgehead atoms. The van der Waals surface area contributed by atoms with Gasteiger partial charge in [0, 0.05) is 18.8 Å². The Morgan fingerprint density at radius 2 is 2.42 bits per heavy atom. The molecule has 4 heteroatoms. The first-order valence-electron chi connectivity index (χ1n) is 4.13. The molecule has 1 atom stereocenters. The number of rotatable bonds is 4. The molecule has 0 saturated carbocycles.